The molecule has 0 radical (unpaired) electrons. The van der Waals surface area contributed by atoms with Crippen LogP contribution in [-0.2, 0) is 4.74 Å². The average Bonchev–Trinajstić information content (AvgIpc) is 2.64. The van der Waals surface area contributed by atoms with E-state index in [1.165, 1.54) is 18.3 Å². The molecule has 1 rings (SSSR count). The molecule has 0 spiro atoms. The van der Waals surface area contributed by atoms with E-state index in [4.69, 9.17) is 10.5 Å². The molecule has 4 nitrogen and oxygen atoms in total. The fraction of sp³-hybridized carbons (Fsp3) is 0.615. The van der Waals surface area contributed by atoms with E-state index < -0.39 is 0 Å². The van der Waals surface area contributed by atoms with E-state index in [2.05, 4.69) is 19.2 Å². The first-order valence-electron chi connectivity index (χ1n) is 6.22. The van der Waals surface area contributed by atoms with Gasteiger partial charge in [-0.2, -0.15) is 0 Å². The van der Waals surface area contributed by atoms with Gasteiger partial charge in [0.25, 0.3) is 0 Å². The number of nitrogens with two attached hydrogens (primary N) is 1. The summed E-state index contributed by atoms with van der Waals surface area (Å²) in [5, 5.41) is 4.20. The second-order valence-electron chi connectivity index (χ2n) is 4.70. The van der Waals surface area contributed by atoms with Gasteiger partial charge in [-0.3, -0.25) is 4.79 Å². The van der Waals surface area contributed by atoms with Gasteiger partial charge in [-0.15, -0.1) is 11.3 Å². The molecule has 1 aromatic rings. The van der Waals surface area contributed by atoms with Crippen molar-refractivity contribution in [3.05, 3.63) is 10.9 Å². The van der Waals surface area contributed by atoms with Crippen LogP contribution in [0.3, 0.4) is 0 Å². The lowest BCUT2D eigenvalue weighted by atomic mass is 10.2. The SMILES string of the molecule is CC(=O)c1sc(NCCCOCC(C)C)cc1N. The van der Waals surface area contributed by atoms with Crippen LogP contribution in [0.2, 0.25) is 0 Å². The van der Waals surface area contributed by atoms with Crippen LogP contribution >= 0.6 is 11.3 Å². The highest BCUT2D eigenvalue weighted by Crippen LogP contribution is 2.29. The van der Waals surface area contributed by atoms with Gasteiger partial charge in [-0.1, -0.05) is 13.8 Å². The number of rotatable bonds is 8. The molecule has 102 valence electrons. The first-order chi connectivity index (χ1) is 8.50. The van der Waals surface area contributed by atoms with Gasteiger partial charge in [-0.25, -0.2) is 0 Å². The predicted molar refractivity (Wildman–Crippen MR) is 77.5 cm³/mol. The van der Waals surface area contributed by atoms with Gasteiger partial charge in [0.15, 0.2) is 5.78 Å². The Balaban J connectivity index is 2.23. The van der Waals surface area contributed by atoms with E-state index >= 15 is 0 Å². The van der Waals surface area contributed by atoms with Crippen LogP contribution < -0.4 is 11.1 Å². The van der Waals surface area contributed by atoms with Gasteiger partial charge < -0.3 is 15.8 Å². The summed E-state index contributed by atoms with van der Waals surface area (Å²) < 4.78 is 5.48. The first kappa shape index (κ1) is 15.0. The number of ketones is 1. The maximum atomic E-state index is 11.2. The molecule has 1 heterocycles. The number of nitrogens with one attached hydrogen (secondary N) is 1. The molecule has 0 unspecified atom stereocenters. The molecular weight excluding hydrogens is 248 g/mol. The van der Waals surface area contributed by atoms with Crippen molar-refractivity contribution in [3.8, 4) is 0 Å². The molecule has 0 aromatic carbocycles. The summed E-state index contributed by atoms with van der Waals surface area (Å²) in [4.78, 5) is 11.9. The van der Waals surface area contributed by atoms with E-state index in [9.17, 15) is 4.79 Å². The van der Waals surface area contributed by atoms with Gasteiger partial charge in [0.1, 0.15) is 0 Å². The number of anilines is 2. The fourth-order valence-electron chi connectivity index (χ4n) is 1.47. The standard InChI is InChI=1S/C13H22N2O2S/c1-9(2)8-17-6-4-5-15-12-7-11(14)13(18-12)10(3)16/h7,9,15H,4-6,8,14H2,1-3H3. The fourth-order valence-corrected chi connectivity index (χ4v) is 2.37. The number of nitrogen functional groups attached to an aromatic ring is 1. The Morgan fingerprint density at radius 3 is 2.83 bits per heavy atom. The quantitative estimate of drug-likeness (QED) is 0.563. The van der Waals surface area contributed by atoms with Crippen LogP contribution in [0, 0.1) is 5.92 Å². The van der Waals surface area contributed by atoms with Gasteiger partial charge in [-0.05, 0) is 18.4 Å². The Kier molecular flexibility index (Phi) is 6.15. The zero-order valence-electron chi connectivity index (χ0n) is 11.3. The Morgan fingerprint density at radius 2 is 2.28 bits per heavy atom. The normalized spacial score (nSPS) is 10.9. The minimum Gasteiger partial charge on any atom is -0.397 e. The van der Waals surface area contributed by atoms with E-state index in [0.29, 0.717) is 16.5 Å². The monoisotopic (exact) mass is 270 g/mol. The smallest absolute Gasteiger partial charge is 0.171 e. The topological polar surface area (TPSA) is 64.3 Å². The van der Waals surface area contributed by atoms with Crippen LogP contribution in [-0.4, -0.2) is 25.5 Å². The van der Waals surface area contributed by atoms with Crippen LogP contribution in [0.1, 0.15) is 36.9 Å². The van der Waals surface area contributed by atoms with Gasteiger partial charge >= 0.3 is 0 Å². The molecule has 1 aromatic heterocycles. The summed E-state index contributed by atoms with van der Waals surface area (Å²) in [6, 6.07) is 1.82. The summed E-state index contributed by atoms with van der Waals surface area (Å²) >= 11 is 1.41. The van der Waals surface area contributed by atoms with Gasteiger partial charge in [0.2, 0.25) is 0 Å². The van der Waals surface area contributed by atoms with Crippen molar-refractivity contribution in [2.45, 2.75) is 27.2 Å². The Labute approximate surface area is 113 Å². The number of Topliss-reactive ketones (excluding diaryl/α,β-unsaturated/α-hetero) is 1. The highest BCUT2D eigenvalue weighted by atomic mass is 32.1. The van der Waals surface area contributed by atoms with Crippen molar-refractivity contribution >= 4 is 27.8 Å². The molecule has 5 heteroatoms. The summed E-state index contributed by atoms with van der Waals surface area (Å²) in [5.74, 6) is 0.596. The summed E-state index contributed by atoms with van der Waals surface area (Å²) in [5.41, 5.74) is 6.31. The van der Waals surface area contributed by atoms with Crippen LogP contribution in [0.5, 0.6) is 0 Å². The van der Waals surface area contributed by atoms with E-state index in [1.807, 2.05) is 6.07 Å². The minimum absolute atomic E-state index is 0.0193. The van der Waals surface area contributed by atoms with Crippen molar-refractivity contribution in [1.82, 2.24) is 0 Å². The summed E-state index contributed by atoms with van der Waals surface area (Å²) in [7, 11) is 0. The zero-order valence-corrected chi connectivity index (χ0v) is 12.1. The number of carbonyl (C=O) groups is 1. The summed E-state index contributed by atoms with van der Waals surface area (Å²) in [6.07, 6.45) is 0.944. The molecule has 0 saturated heterocycles. The Hall–Kier alpha value is -1.07. The molecule has 0 aliphatic heterocycles. The first-order valence-corrected chi connectivity index (χ1v) is 7.04. The van der Waals surface area contributed by atoms with Crippen LogP contribution in [0.15, 0.2) is 6.07 Å². The largest absolute Gasteiger partial charge is 0.397 e. The average molecular weight is 270 g/mol. The van der Waals surface area contributed by atoms with Crippen molar-refractivity contribution in [2.75, 3.05) is 30.8 Å². The second kappa shape index (κ2) is 7.38. The zero-order chi connectivity index (χ0) is 13.5. The van der Waals surface area contributed by atoms with Crippen LogP contribution in [0.25, 0.3) is 0 Å². The second-order valence-corrected chi connectivity index (χ2v) is 5.75. The third-order valence-corrected chi connectivity index (χ3v) is 3.51. The molecule has 0 bridgehead atoms. The highest BCUT2D eigenvalue weighted by molar-refractivity contribution is 7.18. The molecule has 3 N–H and O–H groups in total. The Morgan fingerprint density at radius 1 is 1.56 bits per heavy atom. The molecule has 0 aliphatic rings. The summed E-state index contributed by atoms with van der Waals surface area (Å²) in [6.45, 7) is 8.19. The van der Waals surface area contributed by atoms with E-state index in [0.717, 1.165) is 31.2 Å². The number of thiophene rings is 1. The molecule has 0 saturated carbocycles. The number of hydrogen-bond donors (Lipinski definition) is 2. The molecule has 0 fully saturated rings. The lowest BCUT2D eigenvalue weighted by Gasteiger charge is -2.07. The van der Waals surface area contributed by atoms with E-state index in [1.54, 1.807) is 0 Å². The maximum absolute atomic E-state index is 11.2. The molecule has 18 heavy (non-hydrogen) atoms. The Bertz CT molecular complexity index is 388. The lowest BCUT2D eigenvalue weighted by molar-refractivity contribution is 0.102. The van der Waals surface area contributed by atoms with Crippen LogP contribution in [0.4, 0.5) is 10.7 Å². The number of hydrogen-bond acceptors (Lipinski definition) is 5. The van der Waals surface area contributed by atoms with Gasteiger partial charge in [0, 0.05) is 26.7 Å². The minimum atomic E-state index is 0.0193. The molecular formula is C13H22N2O2S. The van der Waals surface area contributed by atoms with E-state index in [-0.39, 0.29) is 5.78 Å². The third kappa shape index (κ3) is 5.06. The third-order valence-electron chi connectivity index (χ3n) is 2.30. The molecule has 0 aliphatic carbocycles. The van der Waals surface area contributed by atoms with Gasteiger partial charge in [0.05, 0.1) is 15.6 Å². The molecule has 0 amide bonds. The number of ether oxygens (including phenoxy) is 1. The van der Waals surface area contributed by atoms with Crippen molar-refractivity contribution in [3.63, 3.8) is 0 Å². The maximum Gasteiger partial charge on any atom is 0.171 e. The van der Waals surface area contributed by atoms with Crippen molar-refractivity contribution < 1.29 is 9.53 Å². The lowest BCUT2D eigenvalue weighted by Crippen LogP contribution is -2.07. The van der Waals surface area contributed by atoms with Crippen molar-refractivity contribution in [2.24, 2.45) is 5.92 Å². The van der Waals surface area contributed by atoms with Crippen molar-refractivity contribution in [1.29, 1.82) is 0 Å². The number of carbonyl (C=O) groups excluding carboxylic acids is 1. The highest BCUT2D eigenvalue weighted by Gasteiger charge is 2.09. The predicted octanol–water partition coefficient (Wildman–Crippen LogP) is 3.01. The molecule has 0 atom stereocenters.